The van der Waals surface area contributed by atoms with Crippen LogP contribution >= 0.6 is 11.6 Å². The van der Waals surface area contributed by atoms with Crippen LogP contribution in [0.25, 0.3) is 0 Å². The summed E-state index contributed by atoms with van der Waals surface area (Å²) in [5.41, 5.74) is 2.95. The summed E-state index contributed by atoms with van der Waals surface area (Å²) in [5.74, 6) is 0.783. The van der Waals surface area contributed by atoms with Crippen molar-refractivity contribution in [2.45, 2.75) is 20.4 Å². The fourth-order valence-corrected chi connectivity index (χ4v) is 2.18. The number of halogens is 1. The van der Waals surface area contributed by atoms with E-state index in [-0.39, 0.29) is 0 Å². The first-order valence-corrected chi connectivity index (χ1v) is 6.54. The van der Waals surface area contributed by atoms with E-state index in [1.165, 1.54) is 0 Å². The topological polar surface area (TPSA) is 39.1 Å². The highest BCUT2D eigenvalue weighted by Gasteiger charge is 2.09. The van der Waals surface area contributed by atoms with Crippen LogP contribution in [-0.2, 0) is 11.3 Å². The van der Waals surface area contributed by atoms with Gasteiger partial charge < -0.3 is 14.6 Å². The van der Waals surface area contributed by atoms with Crippen molar-refractivity contribution < 1.29 is 4.74 Å². The first kappa shape index (κ1) is 13.9. The number of benzene rings is 1. The summed E-state index contributed by atoms with van der Waals surface area (Å²) in [6.07, 6.45) is 1.99. The molecule has 0 saturated carbocycles. The molecule has 0 radical (unpaired) electrons. The molecule has 2 aromatic rings. The van der Waals surface area contributed by atoms with Gasteiger partial charge in [0.05, 0.1) is 23.0 Å². The number of methoxy groups -OCH3 is 1. The van der Waals surface area contributed by atoms with Gasteiger partial charge in [0, 0.05) is 19.9 Å². The Hall–Kier alpha value is -1.52. The van der Waals surface area contributed by atoms with Crippen LogP contribution in [0, 0.1) is 13.8 Å². The van der Waals surface area contributed by atoms with E-state index in [1.807, 2.05) is 42.8 Å². The van der Waals surface area contributed by atoms with E-state index in [2.05, 4.69) is 10.3 Å². The minimum atomic E-state index is 0.645. The zero-order valence-electron chi connectivity index (χ0n) is 11.4. The summed E-state index contributed by atoms with van der Waals surface area (Å²) in [6, 6.07) is 5.82. The minimum absolute atomic E-state index is 0.645. The van der Waals surface area contributed by atoms with Gasteiger partial charge >= 0.3 is 0 Å². The van der Waals surface area contributed by atoms with Crippen LogP contribution in [0.2, 0.25) is 5.02 Å². The van der Waals surface area contributed by atoms with Gasteiger partial charge in [-0.3, -0.25) is 0 Å². The zero-order chi connectivity index (χ0) is 13.8. The molecule has 19 heavy (non-hydrogen) atoms. The van der Waals surface area contributed by atoms with E-state index in [0.29, 0.717) is 11.6 Å². The van der Waals surface area contributed by atoms with Gasteiger partial charge in [-0.05, 0) is 25.5 Å². The predicted octanol–water partition coefficient (Wildman–Crippen LogP) is 3.54. The molecule has 1 N–H and O–H groups in total. The maximum absolute atomic E-state index is 6.22. The van der Waals surface area contributed by atoms with Crippen molar-refractivity contribution >= 4 is 23.2 Å². The van der Waals surface area contributed by atoms with E-state index < -0.39 is 0 Å². The number of anilines is 2. The summed E-state index contributed by atoms with van der Waals surface area (Å²) in [4.78, 5) is 4.48. The van der Waals surface area contributed by atoms with E-state index >= 15 is 0 Å². The number of aryl methyl sites for hydroxylation is 2. The summed E-state index contributed by atoms with van der Waals surface area (Å²) in [6.45, 7) is 5.38. The van der Waals surface area contributed by atoms with Gasteiger partial charge in [0.1, 0.15) is 0 Å². The molecule has 0 aliphatic carbocycles. The SMILES string of the molecule is COCCn1cc(C)nc1Nc1c(C)cccc1Cl. The number of para-hydroxylation sites is 1. The van der Waals surface area contributed by atoms with Gasteiger partial charge in [0.2, 0.25) is 5.95 Å². The lowest BCUT2D eigenvalue weighted by atomic mass is 10.2. The van der Waals surface area contributed by atoms with Crippen molar-refractivity contribution in [2.24, 2.45) is 0 Å². The van der Waals surface area contributed by atoms with Crippen molar-refractivity contribution in [2.75, 3.05) is 19.0 Å². The van der Waals surface area contributed by atoms with E-state index in [9.17, 15) is 0 Å². The van der Waals surface area contributed by atoms with Crippen molar-refractivity contribution in [3.8, 4) is 0 Å². The van der Waals surface area contributed by atoms with Crippen molar-refractivity contribution in [3.63, 3.8) is 0 Å². The third-order valence-electron chi connectivity index (χ3n) is 2.89. The second kappa shape index (κ2) is 6.08. The second-order valence-electron chi connectivity index (χ2n) is 4.45. The number of ether oxygens (including phenoxy) is 1. The molecule has 0 saturated heterocycles. The third kappa shape index (κ3) is 3.28. The summed E-state index contributed by atoms with van der Waals surface area (Å²) < 4.78 is 7.13. The molecule has 4 nitrogen and oxygen atoms in total. The molecule has 102 valence electrons. The zero-order valence-corrected chi connectivity index (χ0v) is 12.2. The van der Waals surface area contributed by atoms with Gasteiger partial charge in [0.25, 0.3) is 0 Å². The van der Waals surface area contributed by atoms with Crippen LogP contribution in [-0.4, -0.2) is 23.3 Å². The average molecular weight is 280 g/mol. The molecule has 1 heterocycles. The first-order chi connectivity index (χ1) is 9.11. The summed E-state index contributed by atoms with van der Waals surface area (Å²) in [7, 11) is 1.69. The quantitative estimate of drug-likeness (QED) is 0.910. The average Bonchev–Trinajstić information content (AvgIpc) is 2.72. The Morgan fingerprint density at radius 2 is 2.16 bits per heavy atom. The van der Waals surface area contributed by atoms with Crippen LogP contribution in [0.15, 0.2) is 24.4 Å². The molecule has 0 bridgehead atoms. The van der Waals surface area contributed by atoms with E-state index in [1.54, 1.807) is 7.11 Å². The number of rotatable bonds is 5. The fourth-order valence-electron chi connectivity index (χ4n) is 1.91. The maximum atomic E-state index is 6.22. The monoisotopic (exact) mass is 279 g/mol. The van der Waals surface area contributed by atoms with Crippen LogP contribution < -0.4 is 5.32 Å². The van der Waals surface area contributed by atoms with Gasteiger partial charge in [0.15, 0.2) is 0 Å². The van der Waals surface area contributed by atoms with Crippen molar-refractivity contribution in [3.05, 3.63) is 40.7 Å². The number of nitrogens with zero attached hydrogens (tertiary/aromatic N) is 2. The van der Waals surface area contributed by atoms with Crippen LogP contribution in [0.5, 0.6) is 0 Å². The number of aromatic nitrogens is 2. The molecule has 0 unspecified atom stereocenters. The van der Waals surface area contributed by atoms with Crippen molar-refractivity contribution in [1.82, 2.24) is 9.55 Å². The van der Waals surface area contributed by atoms with Gasteiger partial charge in [-0.1, -0.05) is 23.7 Å². The number of hydrogen-bond donors (Lipinski definition) is 1. The Labute approximate surface area is 118 Å². The molecule has 0 aliphatic heterocycles. The molecule has 0 atom stereocenters. The van der Waals surface area contributed by atoms with Crippen molar-refractivity contribution in [1.29, 1.82) is 0 Å². The predicted molar refractivity (Wildman–Crippen MR) is 78.3 cm³/mol. The standard InChI is InChI=1S/C14H18ClN3O/c1-10-5-4-6-12(15)13(10)17-14-16-11(2)9-18(14)7-8-19-3/h4-6,9H,7-8H2,1-3H3,(H,16,17). The Kier molecular flexibility index (Phi) is 4.45. The molecule has 2 rings (SSSR count). The Morgan fingerprint density at radius 1 is 1.37 bits per heavy atom. The molecular weight excluding hydrogens is 262 g/mol. The Bertz CT molecular complexity index is 546. The van der Waals surface area contributed by atoms with Crippen LogP contribution in [0.4, 0.5) is 11.6 Å². The molecule has 1 aromatic heterocycles. The van der Waals surface area contributed by atoms with Gasteiger partial charge in [-0.15, -0.1) is 0 Å². The first-order valence-electron chi connectivity index (χ1n) is 6.16. The molecule has 0 amide bonds. The summed E-state index contributed by atoms with van der Waals surface area (Å²) in [5, 5.41) is 4.00. The number of imidazole rings is 1. The maximum Gasteiger partial charge on any atom is 0.207 e. The second-order valence-corrected chi connectivity index (χ2v) is 4.86. The largest absolute Gasteiger partial charge is 0.383 e. The van der Waals surface area contributed by atoms with Gasteiger partial charge in [-0.2, -0.15) is 0 Å². The lowest BCUT2D eigenvalue weighted by Gasteiger charge is -2.12. The lowest BCUT2D eigenvalue weighted by molar-refractivity contribution is 0.188. The Balaban J connectivity index is 2.27. The number of nitrogens with one attached hydrogen (secondary N) is 1. The Morgan fingerprint density at radius 3 is 2.84 bits per heavy atom. The highest BCUT2D eigenvalue weighted by Crippen LogP contribution is 2.28. The third-order valence-corrected chi connectivity index (χ3v) is 3.21. The molecule has 1 aromatic carbocycles. The molecular formula is C14H18ClN3O. The minimum Gasteiger partial charge on any atom is -0.383 e. The highest BCUT2D eigenvalue weighted by atomic mass is 35.5. The van der Waals surface area contributed by atoms with E-state index in [4.69, 9.17) is 16.3 Å². The van der Waals surface area contributed by atoms with Crippen LogP contribution in [0.1, 0.15) is 11.3 Å². The molecule has 0 aliphatic rings. The molecule has 5 heteroatoms. The highest BCUT2D eigenvalue weighted by molar-refractivity contribution is 6.33. The normalized spacial score (nSPS) is 10.7. The van der Waals surface area contributed by atoms with Gasteiger partial charge in [-0.25, -0.2) is 4.98 Å². The summed E-state index contributed by atoms with van der Waals surface area (Å²) >= 11 is 6.22. The van der Waals surface area contributed by atoms with E-state index in [0.717, 1.165) is 29.4 Å². The van der Waals surface area contributed by atoms with Crippen LogP contribution in [0.3, 0.4) is 0 Å². The molecule has 0 spiro atoms. The fraction of sp³-hybridized carbons (Fsp3) is 0.357. The number of hydrogen-bond acceptors (Lipinski definition) is 3. The lowest BCUT2D eigenvalue weighted by Crippen LogP contribution is -2.08. The smallest absolute Gasteiger partial charge is 0.207 e. The molecule has 0 fully saturated rings.